The Kier molecular flexibility index (Phi) is 4.74. The first kappa shape index (κ1) is 14.2. The average Bonchev–Trinajstić information content (AvgIpc) is 2.26. The Hall–Kier alpha value is -0.845. The quantitative estimate of drug-likeness (QED) is 0.437. The van der Waals surface area contributed by atoms with Crippen LogP contribution in [-0.4, -0.2) is 23.7 Å². The lowest BCUT2D eigenvalue weighted by molar-refractivity contribution is -0.160. The normalized spacial score (nSPS) is 20.8. The molecule has 0 amide bonds. The lowest BCUT2D eigenvalue weighted by Crippen LogP contribution is -2.32. The lowest BCUT2D eigenvalue weighted by Gasteiger charge is -2.26. The van der Waals surface area contributed by atoms with Crippen molar-refractivity contribution in [1.82, 2.24) is 0 Å². The smallest absolute Gasteiger partial charge is 0.460 e. The van der Waals surface area contributed by atoms with E-state index in [0.717, 1.165) is 5.47 Å². The molecule has 5 nitrogen and oxygen atoms in total. The largest absolute Gasteiger partial charge is 0.503 e. The third-order valence-corrected chi connectivity index (χ3v) is 2.63. The van der Waals surface area contributed by atoms with E-state index in [2.05, 4.69) is 4.76 Å². The number of nitrogens with two attached hydrogens (primary N) is 1. The van der Waals surface area contributed by atoms with Crippen LogP contribution < -0.4 is 5.90 Å². The highest BCUT2D eigenvalue weighted by Gasteiger charge is 2.30. The number of carbonyl (C=O) groups is 1. The van der Waals surface area contributed by atoms with Gasteiger partial charge in [-0.3, -0.25) is 4.79 Å². The Bertz CT molecular complexity index is 311. The minimum atomic E-state index is -1.06. The summed E-state index contributed by atoms with van der Waals surface area (Å²) in [6.07, 6.45) is 3.61. The van der Waals surface area contributed by atoms with Gasteiger partial charge in [0.2, 0.25) is 0 Å². The molecule has 3 N–H and O–H groups in total. The van der Waals surface area contributed by atoms with Gasteiger partial charge in [-0.05, 0) is 45.5 Å². The van der Waals surface area contributed by atoms with E-state index in [0.29, 0.717) is 19.3 Å². The van der Waals surface area contributed by atoms with Crippen molar-refractivity contribution in [1.29, 1.82) is 0 Å². The van der Waals surface area contributed by atoms with Gasteiger partial charge in [-0.25, -0.2) is 5.90 Å². The molecule has 96 valence electrons. The number of rotatable bonds is 3. The summed E-state index contributed by atoms with van der Waals surface area (Å²) in [5.41, 5.74) is 0.272. The molecular weight excluding hydrogens is 221 g/mol. The third kappa shape index (κ3) is 4.49. The Morgan fingerprint density at radius 2 is 2.24 bits per heavy atom. The molecule has 1 rings (SSSR count). The summed E-state index contributed by atoms with van der Waals surface area (Å²) in [5, 5.41) is 9.36. The van der Waals surface area contributed by atoms with Crippen LogP contribution in [0.1, 0.15) is 40.0 Å². The number of hydrogen-bond donors (Lipinski definition) is 2. The fraction of sp³-hybridized carbons (Fsp3) is 0.727. The summed E-state index contributed by atoms with van der Waals surface area (Å²) in [6.45, 7) is 5.54. The molecule has 1 aliphatic carbocycles. The van der Waals surface area contributed by atoms with E-state index in [1.54, 1.807) is 6.08 Å². The van der Waals surface area contributed by atoms with Crippen molar-refractivity contribution < 1.29 is 19.3 Å². The number of allylic oxidation sites excluding steroid dienone is 2. The van der Waals surface area contributed by atoms with Gasteiger partial charge in [0.05, 0.1) is 5.92 Å². The average molecular weight is 241 g/mol. The fourth-order valence-electron chi connectivity index (χ4n) is 1.77. The molecule has 0 aromatic rings. The van der Waals surface area contributed by atoms with Crippen molar-refractivity contribution in [2.45, 2.75) is 45.6 Å². The monoisotopic (exact) mass is 241 g/mol. The predicted octanol–water partition coefficient (Wildman–Crippen LogP) is 0.965. The summed E-state index contributed by atoms with van der Waals surface area (Å²) in [4.78, 5) is 11.8. The molecule has 0 fully saturated rings. The van der Waals surface area contributed by atoms with E-state index in [1.165, 1.54) is 0 Å². The molecule has 6 heteroatoms. The van der Waals surface area contributed by atoms with E-state index < -0.39 is 12.7 Å². The van der Waals surface area contributed by atoms with Gasteiger partial charge < -0.3 is 14.5 Å². The van der Waals surface area contributed by atoms with Crippen molar-refractivity contribution in [2.24, 2.45) is 11.8 Å². The van der Waals surface area contributed by atoms with Gasteiger partial charge in [0, 0.05) is 0 Å². The lowest BCUT2D eigenvalue weighted by atomic mass is 9.71. The van der Waals surface area contributed by atoms with Crippen LogP contribution in [0.2, 0.25) is 0 Å². The second-order valence-corrected chi connectivity index (χ2v) is 5.27. The van der Waals surface area contributed by atoms with Crippen LogP contribution in [0.15, 0.2) is 11.5 Å². The Morgan fingerprint density at radius 1 is 1.59 bits per heavy atom. The van der Waals surface area contributed by atoms with Gasteiger partial charge in [0.1, 0.15) is 5.60 Å². The molecule has 0 aromatic carbocycles. The van der Waals surface area contributed by atoms with Crippen LogP contribution in [0.25, 0.3) is 0 Å². The van der Waals surface area contributed by atoms with E-state index >= 15 is 0 Å². The maximum atomic E-state index is 11.8. The maximum absolute atomic E-state index is 11.8. The number of esters is 1. The van der Waals surface area contributed by atoms with Gasteiger partial charge in [0.25, 0.3) is 0 Å². The molecule has 0 aromatic heterocycles. The standard InChI is InChI=1S/C11H20BNO4/c1-11(2,3)16-10(14)8-4-6-9(7-5-8)12(15)17-13/h6,8,15H,4-5,7,13H2,1-3H3. The van der Waals surface area contributed by atoms with E-state index in [4.69, 9.17) is 10.6 Å². The molecule has 0 saturated heterocycles. The van der Waals surface area contributed by atoms with Crippen LogP contribution >= 0.6 is 0 Å². The number of carbonyl (C=O) groups excluding carboxylic acids is 1. The van der Waals surface area contributed by atoms with Crippen LogP contribution in [0, 0.1) is 5.92 Å². The first-order valence-corrected chi connectivity index (χ1v) is 5.79. The second kappa shape index (κ2) is 5.66. The molecule has 0 aliphatic heterocycles. The highest BCUT2D eigenvalue weighted by Crippen LogP contribution is 2.26. The minimum absolute atomic E-state index is 0.136. The van der Waals surface area contributed by atoms with Gasteiger partial charge >= 0.3 is 13.1 Å². The number of hydrogen-bond acceptors (Lipinski definition) is 5. The Morgan fingerprint density at radius 3 is 2.65 bits per heavy atom. The van der Waals surface area contributed by atoms with Crippen LogP contribution in [0.4, 0.5) is 0 Å². The maximum Gasteiger partial charge on any atom is 0.503 e. The van der Waals surface area contributed by atoms with Crippen molar-refractivity contribution >= 4 is 13.1 Å². The van der Waals surface area contributed by atoms with Crippen LogP contribution in [-0.2, 0) is 14.3 Å². The summed E-state index contributed by atoms with van der Waals surface area (Å²) in [6, 6.07) is 0. The summed E-state index contributed by atoms with van der Waals surface area (Å²) in [5.74, 6) is 4.58. The zero-order valence-corrected chi connectivity index (χ0v) is 10.6. The number of ether oxygens (including phenoxy) is 1. The molecular formula is C11H20BNO4. The zero-order chi connectivity index (χ0) is 13.1. The third-order valence-electron chi connectivity index (χ3n) is 2.63. The SMILES string of the molecule is CC(C)(C)OC(=O)C1CC=C(B(O)ON)CC1. The molecule has 0 heterocycles. The van der Waals surface area contributed by atoms with Crippen molar-refractivity contribution in [3.05, 3.63) is 11.5 Å². The topological polar surface area (TPSA) is 81.8 Å². The molecule has 1 unspecified atom stereocenters. The Balaban J connectivity index is 2.51. The van der Waals surface area contributed by atoms with Gasteiger partial charge in [-0.1, -0.05) is 6.08 Å². The first-order chi connectivity index (χ1) is 7.83. The van der Waals surface area contributed by atoms with Gasteiger partial charge in [-0.15, -0.1) is 0 Å². The van der Waals surface area contributed by atoms with Crippen LogP contribution in [0.5, 0.6) is 0 Å². The highest BCUT2D eigenvalue weighted by atomic mass is 16.6. The van der Waals surface area contributed by atoms with Gasteiger partial charge in [0.15, 0.2) is 0 Å². The Labute approximate surface area is 102 Å². The van der Waals surface area contributed by atoms with Crippen molar-refractivity contribution in [3.63, 3.8) is 0 Å². The predicted molar refractivity (Wildman–Crippen MR) is 64.5 cm³/mol. The molecule has 17 heavy (non-hydrogen) atoms. The molecule has 0 saturated carbocycles. The summed E-state index contributed by atoms with van der Waals surface area (Å²) < 4.78 is 9.65. The van der Waals surface area contributed by atoms with E-state index in [1.807, 2.05) is 20.8 Å². The zero-order valence-electron chi connectivity index (χ0n) is 10.6. The van der Waals surface area contributed by atoms with Crippen molar-refractivity contribution in [3.8, 4) is 0 Å². The van der Waals surface area contributed by atoms with Crippen molar-refractivity contribution in [2.75, 3.05) is 0 Å². The minimum Gasteiger partial charge on any atom is -0.460 e. The molecule has 1 aliphatic rings. The molecule has 1 atom stereocenters. The van der Waals surface area contributed by atoms with Crippen LogP contribution in [0.3, 0.4) is 0 Å². The van der Waals surface area contributed by atoms with E-state index in [-0.39, 0.29) is 11.9 Å². The highest BCUT2D eigenvalue weighted by molar-refractivity contribution is 6.52. The first-order valence-electron chi connectivity index (χ1n) is 5.79. The molecule has 0 bridgehead atoms. The molecule has 0 radical (unpaired) electrons. The van der Waals surface area contributed by atoms with E-state index in [9.17, 15) is 9.82 Å². The summed E-state index contributed by atoms with van der Waals surface area (Å²) >= 11 is 0. The van der Waals surface area contributed by atoms with Gasteiger partial charge in [-0.2, -0.15) is 0 Å². The molecule has 0 spiro atoms. The fourth-order valence-corrected chi connectivity index (χ4v) is 1.77. The summed E-state index contributed by atoms with van der Waals surface area (Å²) in [7, 11) is -1.06. The second-order valence-electron chi connectivity index (χ2n) is 5.27.